The summed E-state index contributed by atoms with van der Waals surface area (Å²) in [7, 11) is 0. The number of aromatic nitrogens is 2. The first-order valence-electron chi connectivity index (χ1n) is 6.45. The average molecular weight is 265 g/mol. The summed E-state index contributed by atoms with van der Waals surface area (Å²) in [4.78, 5) is 16.3. The minimum Gasteiger partial charge on any atom is -0.383 e. The summed E-state index contributed by atoms with van der Waals surface area (Å²) in [5.41, 5.74) is 8.63. The largest absolute Gasteiger partial charge is 0.383 e. The van der Waals surface area contributed by atoms with Crippen molar-refractivity contribution >= 4 is 16.7 Å². The van der Waals surface area contributed by atoms with E-state index >= 15 is 0 Å². The van der Waals surface area contributed by atoms with E-state index in [4.69, 9.17) is 5.73 Å². The number of rotatable bonds is 2. The number of nitrogen functional groups attached to an aromatic ring is 1. The number of anilines is 1. The molecule has 2 aromatic heterocycles. The molecule has 100 valence electrons. The van der Waals surface area contributed by atoms with E-state index < -0.39 is 0 Å². The van der Waals surface area contributed by atoms with Crippen molar-refractivity contribution in [2.45, 2.75) is 13.5 Å². The van der Waals surface area contributed by atoms with Crippen LogP contribution in [0.15, 0.2) is 53.5 Å². The highest BCUT2D eigenvalue weighted by atomic mass is 16.1. The first-order valence-corrected chi connectivity index (χ1v) is 6.45. The third kappa shape index (κ3) is 2.28. The fraction of sp³-hybridized carbons (Fsp3) is 0.125. The van der Waals surface area contributed by atoms with Gasteiger partial charge in [-0.05, 0) is 30.7 Å². The lowest BCUT2D eigenvalue weighted by atomic mass is 10.1. The van der Waals surface area contributed by atoms with Crippen LogP contribution in [0.3, 0.4) is 0 Å². The number of nitrogens with zero attached hydrogens (tertiary/aromatic N) is 2. The first kappa shape index (κ1) is 12.4. The second kappa shape index (κ2) is 4.81. The van der Waals surface area contributed by atoms with Crippen molar-refractivity contribution in [3.05, 3.63) is 70.1 Å². The van der Waals surface area contributed by atoms with Gasteiger partial charge >= 0.3 is 0 Å². The Kier molecular flexibility index (Phi) is 2.99. The molecule has 0 bridgehead atoms. The molecule has 3 aromatic rings. The third-order valence-electron chi connectivity index (χ3n) is 3.33. The van der Waals surface area contributed by atoms with Crippen molar-refractivity contribution in [3.8, 4) is 0 Å². The van der Waals surface area contributed by atoms with E-state index in [9.17, 15) is 4.79 Å². The Morgan fingerprint density at radius 3 is 2.80 bits per heavy atom. The lowest BCUT2D eigenvalue weighted by Crippen LogP contribution is -2.20. The van der Waals surface area contributed by atoms with Gasteiger partial charge < -0.3 is 10.3 Å². The Balaban J connectivity index is 2.06. The zero-order valence-corrected chi connectivity index (χ0v) is 11.2. The number of benzene rings is 1. The lowest BCUT2D eigenvalue weighted by Gasteiger charge is -2.09. The number of fused-ring (bicyclic) bond motifs is 1. The summed E-state index contributed by atoms with van der Waals surface area (Å²) in [5, 5.41) is 1.02. The van der Waals surface area contributed by atoms with Crippen molar-refractivity contribution in [1.29, 1.82) is 0 Å². The Morgan fingerprint density at radius 2 is 2.00 bits per heavy atom. The van der Waals surface area contributed by atoms with Crippen LogP contribution < -0.4 is 11.3 Å². The highest BCUT2D eigenvalue weighted by Gasteiger charge is 2.05. The molecular formula is C16H15N3O. The maximum atomic E-state index is 11.9. The second-order valence-electron chi connectivity index (χ2n) is 4.90. The van der Waals surface area contributed by atoms with Gasteiger partial charge in [-0.1, -0.05) is 18.2 Å². The molecule has 0 spiro atoms. The highest BCUT2D eigenvalue weighted by Crippen LogP contribution is 2.18. The Labute approximate surface area is 116 Å². The summed E-state index contributed by atoms with van der Waals surface area (Å²) >= 11 is 0. The Morgan fingerprint density at radius 1 is 1.20 bits per heavy atom. The highest BCUT2D eigenvalue weighted by molar-refractivity contribution is 5.81. The number of hydrogen-bond donors (Lipinski definition) is 1. The minimum atomic E-state index is -0.0300. The Bertz CT molecular complexity index is 836. The predicted octanol–water partition coefficient (Wildman–Crippen LogP) is 2.34. The van der Waals surface area contributed by atoms with E-state index in [0.717, 1.165) is 22.0 Å². The Hall–Kier alpha value is -2.62. The molecule has 0 radical (unpaired) electrons. The van der Waals surface area contributed by atoms with Crippen LogP contribution in [-0.4, -0.2) is 9.55 Å². The fourth-order valence-corrected chi connectivity index (χ4v) is 2.22. The van der Waals surface area contributed by atoms with Crippen LogP contribution in [0.2, 0.25) is 0 Å². The molecule has 0 fully saturated rings. The summed E-state index contributed by atoms with van der Waals surface area (Å²) in [5.74, 6) is 0.469. The molecule has 2 heterocycles. The smallest absolute Gasteiger partial charge is 0.251 e. The molecule has 0 saturated heterocycles. The van der Waals surface area contributed by atoms with Gasteiger partial charge in [0.1, 0.15) is 5.82 Å². The van der Waals surface area contributed by atoms with Crippen molar-refractivity contribution in [3.63, 3.8) is 0 Å². The van der Waals surface area contributed by atoms with Gasteiger partial charge in [0.15, 0.2) is 0 Å². The molecule has 0 amide bonds. The van der Waals surface area contributed by atoms with Gasteiger partial charge in [0.2, 0.25) is 0 Å². The van der Waals surface area contributed by atoms with Crippen LogP contribution in [0.4, 0.5) is 5.82 Å². The van der Waals surface area contributed by atoms with Gasteiger partial charge in [-0.3, -0.25) is 4.79 Å². The number of hydrogen-bond acceptors (Lipinski definition) is 3. The molecule has 0 aliphatic heterocycles. The monoisotopic (exact) mass is 265 g/mol. The topological polar surface area (TPSA) is 60.9 Å². The van der Waals surface area contributed by atoms with E-state index in [1.165, 1.54) is 0 Å². The standard InChI is InChI=1S/C16H15N3O/c1-11-6-7-19(15(20)8-11)10-13-9-12-4-2-3-5-14(12)18-16(13)17/h2-9H,10H2,1H3,(H2,17,18). The van der Waals surface area contributed by atoms with E-state index in [0.29, 0.717) is 12.4 Å². The fourth-order valence-electron chi connectivity index (χ4n) is 2.22. The van der Waals surface area contributed by atoms with Crippen molar-refractivity contribution in [2.24, 2.45) is 0 Å². The summed E-state index contributed by atoms with van der Waals surface area (Å²) in [6.45, 7) is 2.33. The van der Waals surface area contributed by atoms with Crippen molar-refractivity contribution in [2.75, 3.05) is 5.73 Å². The van der Waals surface area contributed by atoms with Crippen LogP contribution in [0.5, 0.6) is 0 Å². The summed E-state index contributed by atoms with van der Waals surface area (Å²) in [6.07, 6.45) is 1.78. The maximum absolute atomic E-state index is 11.9. The molecular weight excluding hydrogens is 250 g/mol. The van der Waals surface area contributed by atoms with Gasteiger partial charge in [0, 0.05) is 23.2 Å². The van der Waals surface area contributed by atoms with Crippen LogP contribution in [0.1, 0.15) is 11.1 Å². The van der Waals surface area contributed by atoms with Crippen molar-refractivity contribution < 1.29 is 0 Å². The van der Waals surface area contributed by atoms with Crippen molar-refractivity contribution in [1.82, 2.24) is 9.55 Å². The van der Waals surface area contributed by atoms with E-state index in [1.807, 2.05) is 43.3 Å². The molecule has 3 rings (SSSR count). The molecule has 0 saturated carbocycles. The van der Waals surface area contributed by atoms with Crippen LogP contribution in [0.25, 0.3) is 10.9 Å². The first-order chi connectivity index (χ1) is 9.63. The van der Waals surface area contributed by atoms with E-state index in [1.54, 1.807) is 16.8 Å². The van der Waals surface area contributed by atoms with Gasteiger partial charge in [0.05, 0.1) is 12.1 Å². The molecule has 0 aliphatic rings. The number of para-hydroxylation sites is 1. The number of pyridine rings is 2. The lowest BCUT2D eigenvalue weighted by molar-refractivity contribution is 0.757. The van der Waals surface area contributed by atoms with Crippen LogP contribution in [0, 0.1) is 6.92 Å². The molecule has 0 aliphatic carbocycles. The minimum absolute atomic E-state index is 0.0300. The molecule has 1 aromatic carbocycles. The van der Waals surface area contributed by atoms with Gasteiger partial charge in [-0.2, -0.15) is 0 Å². The predicted molar refractivity (Wildman–Crippen MR) is 80.7 cm³/mol. The normalized spacial score (nSPS) is 10.8. The number of nitrogens with two attached hydrogens (primary N) is 1. The van der Waals surface area contributed by atoms with E-state index in [-0.39, 0.29) is 5.56 Å². The molecule has 0 atom stereocenters. The third-order valence-corrected chi connectivity index (χ3v) is 3.33. The van der Waals surface area contributed by atoms with Gasteiger partial charge in [-0.15, -0.1) is 0 Å². The van der Waals surface area contributed by atoms with E-state index in [2.05, 4.69) is 4.98 Å². The molecule has 0 unspecified atom stereocenters. The zero-order valence-electron chi connectivity index (χ0n) is 11.2. The second-order valence-corrected chi connectivity index (χ2v) is 4.90. The molecule has 4 nitrogen and oxygen atoms in total. The van der Waals surface area contributed by atoms with Gasteiger partial charge in [-0.25, -0.2) is 4.98 Å². The summed E-state index contributed by atoms with van der Waals surface area (Å²) < 4.78 is 1.63. The molecule has 2 N–H and O–H groups in total. The quantitative estimate of drug-likeness (QED) is 0.773. The maximum Gasteiger partial charge on any atom is 0.251 e. The van der Waals surface area contributed by atoms with Crippen LogP contribution >= 0.6 is 0 Å². The summed E-state index contributed by atoms with van der Waals surface area (Å²) in [6, 6.07) is 13.3. The average Bonchev–Trinajstić information content (AvgIpc) is 2.42. The zero-order chi connectivity index (χ0) is 14.1. The number of aryl methyl sites for hydroxylation is 1. The van der Waals surface area contributed by atoms with Crippen LogP contribution in [-0.2, 0) is 6.54 Å². The SMILES string of the molecule is Cc1ccn(Cc2cc3ccccc3nc2N)c(=O)c1. The molecule has 4 heteroatoms. The molecule has 20 heavy (non-hydrogen) atoms. The van der Waals surface area contributed by atoms with Gasteiger partial charge in [0.25, 0.3) is 5.56 Å².